The third kappa shape index (κ3) is 2.69. The van der Waals surface area contributed by atoms with Crippen molar-refractivity contribution in [1.29, 1.82) is 0 Å². The van der Waals surface area contributed by atoms with Gasteiger partial charge >= 0.3 is 0 Å². The van der Waals surface area contributed by atoms with Crippen molar-refractivity contribution >= 4 is 10.8 Å². The summed E-state index contributed by atoms with van der Waals surface area (Å²) < 4.78 is 20.2. The molecule has 0 radical (unpaired) electrons. The minimum atomic E-state index is -0.163. The lowest BCUT2D eigenvalue weighted by Gasteiger charge is -2.09. The highest BCUT2D eigenvalue weighted by Crippen LogP contribution is 2.30. The van der Waals surface area contributed by atoms with Crippen LogP contribution in [0.5, 0.6) is 5.75 Å². The normalized spacial score (nSPS) is 10.9. The first-order valence-electron chi connectivity index (χ1n) is 7.67. The molecule has 0 saturated carbocycles. The summed E-state index contributed by atoms with van der Waals surface area (Å²) >= 11 is 0. The number of ether oxygens (including phenoxy) is 1. The molecule has 0 fully saturated rings. The van der Waals surface area contributed by atoms with Gasteiger partial charge in [0, 0.05) is 10.9 Å². The van der Waals surface area contributed by atoms with Crippen molar-refractivity contribution in [3.63, 3.8) is 0 Å². The molecular formula is C20H19FO. The number of hydrogen-bond acceptors (Lipinski definition) is 1. The van der Waals surface area contributed by atoms with Crippen molar-refractivity contribution in [3.8, 4) is 16.9 Å². The van der Waals surface area contributed by atoms with Crippen LogP contribution in [0, 0.1) is 5.82 Å². The van der Waals surface area contributed by atoms with Crippen molar-refractivity contribution in [3.05, 3.63) is 66.0 Å². The molecule has 0 bridgehead atoms. The topological polar surface area (TPSA) is 9.23 Å². The molecule has 0 N–H and O–H groups in total. The van der Waals surface area contributed by atoms with Gasteiger partial charge in [0.1, 0.15) is 11.6 Å². The van der Waals surface area contributed by atoms with Crippen LogP contribution in [-0.4, -0.2) is 6.61 Å². The van der Waals surface area contributed by atoms with E-state index in [9.17, 15) is 4.39 Å². The third-order valence-electron chi connectivity index (χ3n) is 3.90. The average Bonchev–Trinajstić information content (AvgIpc) is 2.56. The quantitative estimate of drug-likeness (QED) is 0.608. The fourth-order valence-electron chi connectivity index (χ4n) is 2.68. The zero-order valence-corrected chi connectivity index (χ0v) is 12.9. The van der Waals surface area contributed by atoms with Gasteiger partial charge in [0.2, 0.25) is 0 Å². The van der Waals surface area contributed by atoms with Gasteiger partial charge in [-0.1, -0.05) is 49.4 Å². The molecule has 22 heavy (non-hydrogen) atoms. The van der Waals surface area contributed by atoms with Crippen molar-refractivity contribution < 1.29 is 9.13 Å². The molecule has 3 rings (SSSR count). The van der Waals surface area contributed by atoms with Crippen LogP contribution in [0.1, 0.15) is 19.4 Å². The molecular weight excluding hydrogens is 275 g/mol. The highest BCUT2D eigenvalue weighted by molar-refractivity contribution is 5.88. The summed E-state index contributed by atoms with van der Waals surface area (Å²) in [5, 5.41) is 1.62. The summed E-state index contributed by atoms with van der Waals surface area (Å²) in [6.45, 7) is 4.68. The van der Waals surface area contributed by atoms with Crippen LogP contribution < -0.4 is 4.74 Å². The highest BCUT2D eigenvalue weighted by Gasteiger charge is 2.10. The molecule has 3 aromatic rings. The van der Waals surface area contributed by atoms with Crippen molar-refractivity contribution in [2.75, 3.05) is 6.61 Å². The molecule has 0 unspecified atom stereocenters. The van der Waals surface area contributed by atoms with E-state index < -0.39 is 0 Å². The maximum Gasteiger partial charge on any atom is 0.138 e. The average molecular weight is 294 g/mol. The van der Waals surface area contributed by atoms with Gasteiger partial charge in [-0.3, -0.25) is 0 Å². The van der Waals surface area contributed by atoms with Gasteiger partial charge in [-0.05, 0) is 42.0 Å². The van der Waals surface area contributed by atoms with Crippen LogP contribution in [0.3, 0.4) is 0 Å². The lowest BCUT2D eigenvalue weighted by Crippen LogP contribution is -1.92. The molecule has 0 atom stereocenters. The van der Waals surface area contributed by atoms with E-state index in [0.717, 1.165) is 23.1 Å². The van der Waals surface area contributed by atoms with Crippen molar-refractivity contribution in [2.45, 2.75) is 20.3 Å². The summed E-state index contributed by atoms with van der Waals surface area (Å²) in [6, 6.07) is 17.3. The molecule has 0 aliphatic heterocycles. The van der Waals surface area contributed by atoms with Crippen molar-refractivity contribution in [2.24, 2.45) is 0 Å². The van der Waals surface area contributed by atoms with Gasteiger partial charge in [0.25, 0.3) is 0 Å². The first-order valence-corrected chi connectivity index (χ1v) is 7.67. The standard InChI is InChI=1S/C20H19FO/c1-3-14-5-11-19-16(13-14)8-12-18(20(19)21)15-6-9-17(10-7-15)22-4-2/h5-13H,3-4H2,1-2H3. The number of fused-ring (bicyclic) bond motifs is 1. The van der Waals surface area contributed by atoms with E-state index in [2.05, 4.69) is 13.0 Å². The Morgan fingerprint density at radius 3 is 2.36 bits per heavy atom. The Morgan fingerprint density at radius 2 is 1.68 bits per heavy atom. The van der Waals surface area contributed by atoms with E-state index in [1.807, 2.05) is 55.5 Å². The predicted molar refractivity (Wildman–Crippen MR) is 89.9 cm³/mol. The summed E-state index contributed by atoms with van der Waals surface area (Å²) in [7, 11) is 0. The number of aryl methyl sites for hydroxylation is 1. The second kappa shape index (κ2) is 6.18. The second-order valence-corrected chi connectivity index (χ2v) is 5.29. The largest absolute Gasteiger partial charge is 0.494 e. The van der Waals surface area contributed by atoms with Crippen LogP contribution in [0.4, 0.5) is 4.39 Å². The molecule has 1 nitrogen and oxygen atoms in total. The Kier molecular flexibility index (Phi) is 4.10. The molecule has 0 aromatic heterocycles. The monoisotopic (exact) mass is 294 g/mol. The van der Waals surface area contributed by atoms with E-state index in [1.54, 1.807) is 0 Å². The van der Waals surface area contributed by atoms with Gasteiger partial charge in [0.05, 0.1) is 6.61 Å². The maximum atomic E-state index is 14.8. The molecule has 0 amide bonds. The van der Waals surface area contributed by atoms with Crippen LogP contribution in [0.2, 0.25) is 0 Å². The Hall–Kier alpha value is -2.35. The van der Waals surface area contributed by atoms with Crippen molar-refractivity contribution in [1.82, 2.24) is 0 Å². The Labute approximate surface area is 130 Å². The zero-order valence-electron chi connectivity index (χ0n) is 12.9. The third-order valence-corrected chi connectivity index (χ3v) is 3.90. The van der Waals surface area contributed by atoms with Gasteiger partial charge in [-0.2, -0.15) is 0 Å². The number of rotatable bonds is 4. The number of benzene rings is 3. The number of hydrogen-bond donors (Lipinski definition) is 0. The maximum absolute atomic E-state index is 14.8. The Balaban J connectivity index is 2.05. The minimum absolute atomic E-state index is 0.163. The Bertz CT molecular complexity index is 791. The lowest BCUT2D eigenvalue weighted by atomic mass is 9.98. The fourth-order valence-corrected chi connectivity index (χ4v) is 2.68. The van der Waals surface area contributed by atoms with Gasteiger partial charge in [-0.15, -0.1) is 0 Å². The van der Waals surface area contributed by atoms with Gasteiger partial charge < -0.3 is 4.74 Å². The van der Waals surface area contributed by atoms with Crippen LogP contribution >= 0.6 is 0 Å². The molecule has 0 aliphatic carbocycles. The SMILES string of the molecule is CCOc1ccc(-c2ccc3cc(CC)ccc3c2F)cc1. The molecule has 0 aliphatic rings. The molecule has 0 heterocycles. The predicted octanol–water partition coefficient (Wildman–Crippen LogP) is 5.61. The summed E-state index contributed by atoms with van der Waals surface area (Å²) in [4.78, 5) is 0. The second-order valence-electron chi connectivity index (χ2n) is 5.29. The van der Waals surface area contributed by atoms with E-state index in [0.29, 0.717) is 17.6 Å². The van der Waals surface area contributed by atoms with Gasteiger partial charge in [-0.25, -0.2) is 4.39 Å². The van der Waals surface area contributed by atoms with Gasteiger partial charge in [0.15, 0.2) is 0 Å². The summed E-state index contributed by atoms with van der Waals surface area (Å²) in [6.07, 6.45) is 0.957. The lowest BCUT2D eigenvalue weighted by molar-refractivity contribution is 0.340. The molecule has 0 saturated heterocycles. The van der Waals surface area contributed by atoms with Crippen LogP contribution in [0.15, 0.2) is 54.6 Å². The number of halogens is 1. The minimum Gasteiger partial charge on any atom is -0.494 e. The van der Waals surface area contributed by atoms with E-state index in [1.165, 1.54) is 5.56 Å². The first-order chi connectivity index (χ1) is 10.7. The van der Waals surface area contributed by atoms with E-state index in [-0.39, 0.29) is 5.82 Å². The van der Waals surface area contributed by atoms with E-state index in [4.69, 9.17) is 4.74 Å². The van der Waals surface area contributed by atoms with Crippen LogP contribution in [-0.2, 0) is 6.42 Å². The molecule has 0 spiro atoms. The fraction of sp³-hybridized carbons (Fsp3) is 0.200. The summed E-state index contributed by atoms with van der Waals surface area (Å²) in [5.41, 5.74) is 2.71. The van der Waals surface area contributed by atoms with Crippen LogP contribution in [0.25, 0.3) is 21.9 Å². The first kappa shape index (κ1) is 14.6. The molecule has 112 valence electrons. The molecule has 3 aromatic carbocycles. The van der Waals surface area contributed by atoms with E-state index >= 15 is 0 Å². The molecule has 2 heteroatoms. The zero-order chi connectivity index (χ0) is 15.5. The summed E-state index contributed by atoms with van der Waals surface area (Å²) in [5.74, 6) is 0.643. The highest BCUT2D eigenvalue weighted by atomic mass is 19.1. The smallest absolute Gasteiger partial charge is 0.138 e. The Morgan fingerprint density at radius 1 is 0.909 bits per heavy atom.